The topological polar surface area (TPSA) is 124 Å². The van der Waals surface area contributed by atoms with Crippen molar-refractivity contribution in [2.45, 2.75) is 31.7 Å². The van der Waals surface area contributed by atoms with Gasteiger partial charge in [-0.15, -0.1) is 0 Å². The number of methoxy groups -OCH3 is 1. The Bertz CT molecular complexity index is 645. The molecule has 1 aromatic rings. The second kappa shape index (κ2) is 5.91. The van der Waals surface area contributed by atoms with E-state index in [9.17, 15) is 9.59 Å². The Morgan fingerprint density at radius 1 is 1.65 bits per heavy atom. The number of nitrogens with one attached hydrogen (secondary N) is 2. The number of hydrogen-bond donors (Lipinski definition) is 2. The molecule has 1 saturated heterocycles. The van der Waals surface area contributed by atoms with Crippen LogP contribution in [0.4, 0.5) is 0 Å². The average molecular weight is 282 g/mol. The fourth-order valence-corrected chi connectivity index (χ4v) is 2.20. The highest BCUT2D eigenvalue weighted by Crippen LogP contribution is 2.29. The third kappa shape index (κ3) is 2.74. The van der Waals surface area contributed by atoms with E-state index in [4.69, 9.17) is 15.0 Å². The number of ether oxygens (including phenoxy) is 2. The number of aromatic nitrogens is 2. The number of nitrogens with zero attached hydrogens (tertiary/aromatic N) is 3. The van der Waals surface area contributed by atoms with E-state index in [1.165, 1.54) is 17.9 Å². The van der Waals surface area contributed by atoms with Crippen LogP contribution in [0.2, 0.25) is 0 Å². The van der Waals surface area contributed by atoms with Gasteiger partial charge in [0.05, 0.1) is 6.61 Å². The fraction of sp³-hybridized carbons (Fsp3) is 0.636. The largest absolute Gasteiger partial charge is 0.382 e. The van der Waals surface area contributed by atoms with Crippen LogP contribution in [-0.4, -0.2) is 35.4 Å². The monoisotopic (exact) mass is 282 g/mol. The highest BCUT2D eigenvalue weighted by atomic mass is 16.5. The van der Waals surface area contributed by atoms with Crippen molar-refractivity contribution in [3.8, 4) is 0 Å². The molecule has 2 unspecified atom stereocenters. The molecule has 2 heterocycles. The Labute approximate surface area is 113 Å². The molecule has 9 nitrogen and oxygen atoms in total. The maximum Gasteiger partial charge on any atom is 0.330 e. The van der Waals surface area contributed by atoms with Crippen molar-refractivity contribution in [2.75, 3.05) is 13.7 Å². The third-order valence-corrected chi connectivity index (χ3v) is 3.20. The first-order chi connectivity index (χ1) is 9.56. The third-order valence-electron chi connectivity index (χ3n) is 3.20. The summed E-state index contributed by atoms with van der Waals surface area (Å²) in [6.07, 6.45) is 0.907. The summed E-state index contributed by atoms with van der Waals surface area (Å²) in [6.45, 7) is 1.90. The molecule has 1 aromatic heterocycles. The van der Waals surface area contributed by atoms with Gasteiger partial charge in [0.1, 0.15) is 23.0 Å². The van der Waals surface area contributed by atoms with E-state index in [1.54, 1.807) is 6.92 Å². The zero-order valence-corrected chi connectivity index (χ0v) is 11.2. The zero-order valence-electron chi connectivity index (χ0n) is 11.2. The Balaban J connectivity index is 2.31. The quantitative estimate of drug-likeness (QED) is 0.581. The summed E-state index contributed by atoms with van der Waals surface area (Å²) in [5.74, 6) is 0. The Morgan fingerprint density at radius 2 is 2.40 bits per heavy atom. The molecule has 1 aliphatic heterocycles. The first kappa shape index (κ1) is 14.3. The van der Waals surface area contributed by atoms with Crippen LogP contribution in [0.5, 0.6) is 0 Å². The summed E-state index contributed by atoms with van der Waals surface area (Å²) in [5.41, 5.74) is 6.28. The molecule has 0 saturated carbocycles. The first-order valence-corrected chi connectivity index (χ1v) is 6.10. The molecule has 0 spiro atoms. The number of rotatable bonds is 4. The van der Waals surface area contributed by atoms with E-state index in [2.05, 4.69) is 15.0 Å². The molecule has 9 heteroatoms. The van der Waals surface area contributed by atoms with Gasteiger partial charge in [0.2, 0.25) is 4.91 Å². The summed E-state index contributed by atoms with van der Waals surface area (Å²) in [4.78, 5) is 28.4. The maximum absolute atomic E-state index is 11.8. The lowest BCUT2D eigenvalue weighted by molar-refractivity contribution is -0.0364. The number of aromatic amines is 1. The molecule has 0 amide bonds. The predicted molar refractivity (Wildman–Crippen MR) is 67.5 cm³/mol. The lowest BCUT2D eigenvalue weighted by atomic mass is 10.1. The normalized spacial score (nSPS) is 25.4. The summed E-state index contributed by atoms with van der Waals surface area (Å²) in [6, 6.07) is -0.350. The van der Waals surface area contributed by atoms with Crippen LogP contribution in [-0.2, 0) is 9.47 Å². The van der Waals surface area contributed by atoms with Crippen molar-refractivity contribution in [1.82, 2.24) is 14.5 Å². The molecule has 2 rings (SSSR count). The van der Waals surface area contributed by atoms with E-state index >= 15 is 0 Å². The van der Waals surface area contributed by atoms with Crippen LogP contribution in [0, 0.1) is 12.5 Å². The van der Waals surface area contributed by atoms with E-state index in [0.717, 1.165) is 0 Å². The molecular formula is C11H16N5O4+. The van der Waals surface area contributed by atoms with Crippen LogP contribution in [0.3, 0.4) is 0 Å². The molecule has 0 aliphatic carbocycles. The molecule has 0 radical (unpaired) electrons. The van der Waals surface area contributed by atoms with Crippen molar-refractivity contribution < 1.29 is 9.47 Å². The van der Waals surface area contributed by atoms with Crippen LogP contribution in [0.1, 0.15) is 18.2 Å². The van der Waals surface area contributed by atoms with Gasteiger partial charge >= 0.3 is 5.69 Å². The van der Waals surface area contributed by atoms with E-state index < -0.39 is 17.5 Å². The van der Waals surface area contributed by atoms with Gasteiger partial charge in [0, 0.05) is 25.3 Å². The molecule has 20 heavy (non-hydrogen) atoms. The Morgan fingerprint density at radius 3 is 3.05 bits per heavy atom. The average Bonchev–Trinajstić information content (AvgIpc) is 2.78. The van der Waals surface area contributed by atoms with Crippen molar-refractivity contribution in [1.29, 1.82) is 5.53 Å². The first-order valence-electron chi connectivity index (χ1n) is 6.10. The second-order valence-corrected chi connectivity index (χ2v) is 4.58. The standard InChI is InChI=1S/C11H15N5O4/c1-6-4-16(11(18)13-10(6)17)9-3-7(14-15-12)8(20-9)5-19-2/h4,7-9,12H,3,5H2,1-2H3/p+1/t7?,8?,9-/m1/s1. The molecule has 1 aliphatic rings. The van der Waals surface area contributed by atoms with Crippen molar-refractivity contribution in [3.63, 3.8) is 0 Å². The zero-order chi connectivity index (χ0) is 14.7. The van der Waals surface area contributed by atoms with Gasteiger partial charge in [-0.25, -0.2) is 4.79 Å². The molecule has 1 fully saturated rings. The van der Waals surface area contributed by atoms with Gasteiger partial charge in [-0.3, -0.25) is 14.3 Å². The van der Waals surface area contributed by atoms with E-state index in [-0.39, 0.29) is 18.8 Å². The minimum atomic E-state index is -0.561. The smallest absolute Gasteiger partial charge is 0.330 e. The van der Waals surface area contributed by atoms with Crippen molar-refractivity contribution >= 4 is 0 Å². The van der Waals surface area contributed by atoms with Gasteiger partial charge in [-0.2, -0.15) is 0 Å². The predicted octanol–water partition coefficient (Wildman–Crippen LogP) is -0.302. The summed E-state index contributed by atoms with van der Waals surface area (Å²) >= 11 is 0. The second-order valence-electron chi connectivity index (χ2n) is 4.58. The van der Waals surface area contributed by atoms with E-state index in [1.807, 2.05) is 0 Å². The van der Waals surface area contributed by atoms with Gasteiger partial charge in [-0.1, -0.05) is 0 Å². The molecule has 3 atom stereocenters. The highest BCUT2D eigenvalue weighted by Gasteiger charge is 2.40. The van der Waals surface area contributed by atoms with Gasteiger partial charge < -0.3 is 9.47 Å². The fourth-order valence-electron chi connectivity index (χ4n) is 2.20. The van der Waals surface area contributed by atoms with Gasteiger partial charge in [0.25, 0.3) is 5.56 Å². The maximum atomic E-state index is 11.8. The minimum absolute atomic E-state index is 0.289. The summed E-state index contributed by atoms with van der Waals surface area (Å²) in [7, 11) is 1.53. The van der Waals surface area contributed by atoms with Gasteiger partial charge in [0.15, 0.2) is 6.04 Å². The summed E-state index contributed by atoms with van der Waals surface area (Å²) < 4.78 is 12.1. The van der Waals surface area contributed by atoms with Crippen molar-refractivity contribution in [3.05, 3.63) is 32.6 Å². The number of aryl methyl sites for hydroxylation is 1. The summed E-state index contributed by atoms with van der Waals surface area (Å²) in [5, 5.41) is 3.77. The molecule has 2 N–H and O–H groups in total. The van der Waals surface area contributed by atoms with Crippen LogP contribution >= 0.6 is 0 Å². The molecule has 0 bridgehead atoms. The number of H-pyrrole nitrogens is 1. The lowest BCUT2D eigenvalue weighted by Crippen LogP contribution is -2.33. The number of hydrogen-bond acceptors (Lipinski definition) is 6. The molecule has 108 valence electrons. The Hall–Kier alpha value is -2.09. The highest BCUT2D eigenvalue weighted by molar-refractivity contribution is 5.02. The molecule has 0 aromatic carbocycles. The SMILES string of the molecule is COCC1O[C@@H](n2cc(C)c(=O)[nH]c2=O)CC1N=[N+]=N. The van der Waals surface area contributed by atoms with Gasteiger partial charge in [-0.05, 0) is 6.92 Å². The minimum Gasteiger partial charge on any atom is -0.382 e. The Kier molecular flexibility index (Phi) is 4.23. The lowest BCUT2D eigenvalue weighted by Gasteiger charge is -2.15. The van der Waals surface area contributed by atoms with Crippen molar-refractivity contribution in [2.24, 2.45) is 5.11 Å². The van der Waals surface area contributed by atoms with Crippen LogP contribution in [0.25, 0.3) is 0 Å². The molecular weight excluding hydrogens is 266 g/mol. The van der Waals surface area contributed by atoms with E-state index in [0.29, 0.717) is 12.0 Å². The van der Waals surface area contributed by atoms with Crippen LogP contribution in [0.15, 0.2) is 20.9 Å². The van der Waals surface area contributed by atoms with Crippen LogP contribution < -0.4 is 16.2 Å².